The van der Waals surface area contributed by atoms with Crippen LogP contribution >= 0.6 is 11.6 Å². The third-order valence-corrected chi connectivity index (χ3v) is 2.20. The van der Waals surface area contributed by atoms with Crippen LogP contribution in [0.4, 0.5) is 11.4 Å². The predicted molar refractivity (Wildman–Crippen MR) is 61.8 cm³/mol. The van der Waals surface area contributed by atoms with E-state index in [0.717, 1.165) is 18.2 Å². The lowest BCUT2D eigenvalue weighted by Crippen LogP contribution is -2.05. The Kier molecular flexibility index (Phi) is 4.53. The highest BCUT2D eigenvalue weighted by molar-refractivity contribution is 6.34. The summed E-state index contributed by atoms with van der Waals surface area (Å²) < 4.78 is 4.69. The standard InChI is InChI=1S/C10H7ClN2O5/c1-2-18-10(15)6-3-7(11)9(12-5-14)8(4-6)13(16)17/h3-4H,2H2,1H3. The van der Waals surface area contributed by atoms with Crippen LogP contribution in [0.3, 0.4) is 0 Å². The van der Waals surface area contributed by atoms with E-state index in [2.05, 4.69) is 9.73 Å². The van der Waals surface area contributed by atoms with Crippen LogP contribution in [0.2, 0.25) is 5.02 Å². The third kappa shape index (κ3) is 2.91. The molecule has 1 aromatic rings. The second-order valence-corrected chi connectivity index (χ2v) is 3.41. The number of nitro benzene ring substituents is 1. The average Bonchev–Trinajstić information content (AvgIpc) is 2.31. The van der Waals surface area contributed by atoms with Gasteiger partial charge >= 0.3 is 5.97 Å². The van der Waals surface area contributed by atoms with Gasteiger partial charge in [0.05, 0.1) is 22.1 Å². The predicted octanol–water partition coefficient (Wildman–Crippen LogP) is 2.39. The van der Waals surface area contributed by atoms with E-state index in [-0.39, 0.29) is 22.9 Å². The molecule has 0 spiro atoms. The summed E-state index contributed by atoms with van der Waals surface area (Å²) in [6.45, 7) is 1.72. The minimum atomic E-state index is -0.801. The number of hydrogen-bond donors (Lipinski definition) is 0. The Hall–Kier alpha value is -2.24. The zero-order valence-electron chi connectivity index (χ0n) is 9.18. The minimum Gasteiger partial charge on any atom is -0.462 e. The Morgan fingerprint density at radius 2 is 2.28 bits per heavy atom. The molecule has 0 amide bonds. The van der Waals surface area contributed by atoms with Crippen molar-refractivity contribution in [2.24, 2.45) is 4.99 Å². The second kappa shape index (κ2) is 5.90. The number of carbonyl (C=O) groups is 1. The number of esters is 1. The molecule has 0 radical (unpaired) electrons. The van der Waals surface area contributed by atoms with Crippen LogP contribution < -0.4 is 0 Å². The highest BCUT2D eigenvalue weighted by Crippen LogP contribution is 2.36. The van der Waals surface area contributed by atoms with Crippen LogP contribution in [0.1, 0.15) is 17.3 Å². The fourth-order valence-corrected chi connectivity index (χ4v) is 1.47. The smallest absolute Gasteiger partial charge is 0.338 e. The molecule has 0 heterocycles. The van der Waals surface area contributed by atoms with Gasteiger partial charge in [-0.3, -0.25) is 10.1 Å². The monoisotopic (exact) mass is 270 g/mol. The maximum absolute atomic E-state index is 11.4. The first kappa shape index (κ1) is 13.8. The van der Waals surface area contributed by atoms with Crippen LogP contribution in [0.5, 0.6) is 0 Å². The molecule has 18 heavy (non-hydrogen) atoms. The van der Waals surface area contributed by atoms with E-state index in [1.165, 1.54) is 0 Å². The summed E-state index contributed by atoms with van der Waals surface area (Å²) in [5.41, 5.74) is -0.989. The molecular formula is C10H7ClN2O5. The second-order valence-electron chi connectivity index (χ2n) is 3.01. The number of rotatable bonds is 4. The van der Waals surface area contributed by atoms with Gasteiger partial charge in [-0.25, -0.2) is 9.59 Å². The Morgan fingerprint density at radius 3 is 2.78 bits per heavy atom. The number of aliphatic imine (C=N–C) groups is 1. The molecule has 1 aromatic carbocycles. The number of hydrogen-bond acceptors (Lipinski definition) is 6. The fraction of sp³-hybridized carbons (Fsp3) is 0.200. The van der Waals surface area contributed by atoms with Crippen molar-refractivity contribution in [2.75, 3.05) is 6.61 Å². The first-order valence-electron chi connectivity index (χ1n) is 4.74. The van der Waals surface area contributed by atoms with Crippen LogP contribution in [0.15, 0.2) is 17.1 Å². The minimum absolute atomic E-state index is 0.0848. The van der Waals surface area contributed by atoms with E-state index in [0.29, 0.717) is 0 Å². The van der Waals surface area contributed by atoms with Gasteiger partial charge in [-0.15, -0.1) is 0 Å². The molecule has 8 heteroatoms. The molecule has 0 saturated heterocycles. The summed E-state index contributed by atoms with van der Waals surface area (Å²) in [7, 11) is 0. The molecule has 0 aromatic heterocycles. The van der Waals surface area contributed by atoms with E-state index < -0.39 is 16.6 Å². The third-order valence-electron chi connectivity index (χ3n) is 1.91. The Labute approximate surface area is 106 Å². The van der Waals surface area contributed by atoms with Crippen molar-refractivity contribution in [2.45, 2.75) is 6.92 Å². The summed E-state index contributed by atoms with van der Waals surface area (Å²) in [5.74, 6) is -0.746. The number of nitrogens with zero attached hydrogens (tertiary/aromatic N) is 2. The van der Waals surface area contributed by atoms with E-state index in [4.69, 9.17) is 11.6 Å². The molecule has 7 nitrogen and oxygen atoms in total. The van der Waals surface area contributed by atoms with Crippen LogP contribution in [0.25, 0.3) is 0 Å². The van der Waals surface area contributed by atoms with Crippen molar-refractivity contribution in [3.63, 3.8) is 0 Å². The first-order chi connectivity index (χ1) is 8.51. The highest BCUT2D eigenvalue weighted by atomic mass is 35.5. The van der Waals surface area contributed by atoms with Gasteiger partial charge in [0.15, 0.2) is 5.69 Å². The van der Waals surface area contributed by atoms with Gasteiger partial charge < -0.3 is 4.74 Å². The van der Waals surface area contributed by atoms with Crippen molar-refractivity contribution in [1.29, 1.82) is 0 Å². The van der Waals surface area contributed by atoms with E-state index >= 15 is 0 Å². The van der Waals surface area contributed by atoms with Gasteiger partial charge in [0.2, 0.25) is 6.08 Å². The van der Waals surface area contributed by atoms with Gasteiger partial charge in [-0.1, -0.05) is 11.6 Å². The van der Waals surface area contributed by atoms with Crippen molar-refractivity contribution >= 4 is 35.0 Å². The number of halogens is 1. The zero-order chi connectivity index (χ0) is 13.7. The first-order valence-corrected chi connectivity index (χ1v) is 5.12. The molecule has 0 unspecified atom stereocenters. The zero-order valence-corrected chi connectivity index (χ0v) is 9.93. The quantitative estimate of drug-likeness (QED) is 0.275. The molecule has 0 fully saturated rings. The molecular weight excluding hydrogens is 264 g/mol. The maximum Gasteiger partial charge on any atom is 0.338 e. The lowest BCUT2D eigenvalue weighted by atomic mass is 10.1. The number of carbonyl (C=O) groups excluding carboxylic acids is 2. The molecule has 0 N–H and O–H groups in total. The number of nitro groups is 1. The van der Waals surface area contributed by atoms with Gasteiger partial charge in [0.25, 0.3) is 5.69 Å². The lowest BCUT2D eigenvalue weighted by Gasteiger charge is -2.04. The normalized spacial score (nSPS) is 9.44. The van der Waals surface area contributed by atoms with Gasteiger partial charge in [0.1, 0.15) is 0 Å². The molecule has 0 saturated carbocycles. The summed E-state index contributed by atoms with van der Waals surface area (Å²) in [6, 6.07) is 2.09. The van der Waals surface area contributed by atoms with E-state index in [1.54, 1.807) is 6.92 Å². The SMILES string of the molecule is CCOC(=O)c1cc(Cl)c(N=C=O)c([N+](=O)[O-])c1. The number of benzene rings is 1. The summed E-state index contributed by atoms with van der Waals surface area (Å²) in [6.07, 6.45) is 1.16. The van der Waals surface area contributed by atoms with Crippen molar-refractivity contribution in [3.05, 3.63) is 32.8 Å². The Morgan fingerprint density at radius 1 is 1.61 bits per heavy atom. The molecule has 0 aliphatic heterocycles. The van der Waals surface area contributed by atoms with Crippen molar-refractivity contribution in [3.8, 4) is 0 Å². The molecule has 94 valence electrons. The summed E-state index contributed by atoms with van der Waals surface area (Å²) in [5, 5.41) is 10.6. The van der Waals surface area contributed by atoms with Gasteiger partial charge in [0, 0.05) is 6.07 Å². The number of ether oxygens (including phenoxy) is 1. The summed E-state index contributed by atoms with van der Waals surface area (Å²) >= 11 is 5.72. The van der Waals surface area contributed by atoms with E-state index in [1.807, 2.05) is 0 Å². The Bertz CT molecular complexity index is 551. The molecule has 0 atom stereocenters. The summed E-state index contributed by atoms with van der Waals surface area (Å²) in [4.78, 5) is 34.7. The molecule has 0 bridgehead atoms. The van der Waals surface area contributed by atoms with Crippen LogP contribution in [-0.2, 0) is 9.53 Å². The van der Waals surface area contributed by atoms with Crippen LogP contribution in [0, 0.1) is 10.1 Å². The molecule has 1 rings (SSSR count). The molecule has 0 aliphatic rings. The highest BCUT2D eigenvalue weighted by Gasteiger charge is 2.21. The topological polar surface area (TPSA) is 98.9 Å². The average molecular weight is 271 g/mol. The number of isocyanates is 1. The Balaban J connectivity index is 3.40. The van der Waals surface area contributed by atoms with Crippen molar-refractivity contribution < 1.29 is 19.2 Å². The van der Waals surface area contributed by atoms with E-state index in [9.17, 15) is 19.7 Å². The van der Waals surface area contributed by atoms with Gasteiger partial charge in [-0.05, 0) is 13.0 Å². The lowest BCUT2D eigenvalue weighted by molar-refractivity contribution is -0.384. The largest absolute Gasteiger partial charge is 0.462 e. The maximum atomic E-state index is 11.4. The van der Waals surface area contributed by atoms with Gasteiger partial charge in [-0.2, -0.15) is 4.99 Å². The molecule has 0 aliphatic carbocycles. The van der Waals surface area contributed by atoms with Crippen LogP contribution in [-0.4, -0.2) is 23.6 Å². The fourth-order valence-electron chi connectivity index (χ4n) is 1.21. The van der Waals surface area contributed by atoms with Crippen molar-refractivity contribution in [1.82, 2.24) is 0 Å².